The molecule has 0 saturated heterocycles. The highest BCUT2D eigenvalue weighted by molar-refractivity contribution is 6.31. The van der Waals surface area contributed by atoms with Gasteiger partial charge in [-0.15, -0.1) is 0 Å². The molecule has 2 aliphatic carbocycles. The fourth-order valence-corrected chi connectivity index (χ4v) is 5.17. The van der Waals surface area contributed by atoms with Crippen molar-refractivity contribution in [1.29, 1.82) is 0 Å². The molecule has 1 aromatic carbocycles. The van der Waals surface area contributed by atoms with E-state index in [4.69, 9.17) is 23.2 Å². The Bertz CT molecular complexity index is 884. The highest BCUT2D eigenvalue weighted by Crippen LogP contribution is 2.51. The minimum absolute atomic E-state index is 0.0416. The van der Waals surface area contributed by atoms with E-state index < -0.39 is 5.82 Å². The molecule has 2 fully saturated rings. The summed E-state index contributed by atoms with van der Waals surface area (Å²) in [7, 11) is 1.76. The molecule has 2 unspecified atom stereocenters. The van der Waals surface area contributed by atoms with Crippen LogP contribution < -0.4 is 5.32 Å². The summed E-state index contributed by atoms with van der Waals surface area (Å²) < 4.78 is 15.0. The predicted octanol–water partition coefficient (Wildman–Crippen LogP) is 4.99. The molecule has 2 N–H and O–H groups in total. The number of anilines is 1. The SMILES string of the molecule is Cn1c(Cl)cc(C2CC3CC(O)CC3C2)c1C(=O)Nc1ccc(F)c(Cl)c1. The number of fused-ring (bicyclic) bond motifs is 1. The molecule has 144 valence electrons. The molecule has 1 aromatic heterocycles. The average molecular weight is 411 g/mol. The van der Waals surface area contributed by atoms with Gasteiger partial charge in [-0.1, -0.05) is 23.2 Å². The third-order valence-electron chi connectivity index (χ3n) is 6.03. The zero-order valence-electron chi connectivity index (χ0n) is 14.9. The third kappa shape index (κ3) is 3.48. The highest BCUT2D eigenvalue weighted by Gasteiger charge is 2.43. The van der Waals surface area contributed by atoms with Crippen LogP contribution in [0.1, 0.15) is 47.7 Å². The van der Waals surface area contributed by atoms with Gasteiger partial charge in [-0.3, -0.25) is 4.79 Å². The van der Waals surface area contributed by atoms with E-state index in [1.54, 1.807) is 11.6 Å². The molecule has 2 aromatic rings. The number of nitrogens with zero attached hydrogens (tertiary/aromatic N) is 1. The maximum atomic E-state index is 13.4. The summed E-state index contributed by atoms with van der Waals surface area (Å²) in [6, 6.07) is 5.96. The van der Waals surface area contributed by atoms with Crippen LogP contribution in [0.4, 0.5) is 10.1 Å². The maximum absolute atomic E-state index is 13.4. The van der Waals surface area contributed by atoms with Crippen LogP contribution >= 0.6 is 23.2 Å². The molecule has 0 spiro atoms. The second-order valence-corrected chi connectivity index (χ2v) is 8.52. The van der Waals surface area contributed by atoms with Crippen molar-refractivity contribution in [1.82, 2.24) is 4.57 Å². The number of benzene rings is 1. The number of rotatable bonds is 3. The van der Waals surface area contributed by atoms with E-state index in [0.717, 1.165) is 31.2 Å². The number of carbonyl (C=O) groups is 1. The molecule has 2 atom stereocenters. The van der Waals surface area contributed by atoms with E-state index in [1.165, 1.54) is 18.2 Å². The van der Waals surface area contributed by atoms with Crippen LogP contribution in [-0.4, -0.2) is 21.7 Å². The first-order valence-corrected chi connectivity index (χ1v) is 9.88. The van der Waals surface area contributed by atoms with Crippen molar-refractivity contribution >= 4 is 34.8 Å². The van der Waals surface area contributed by atoms with E-state index >= 15 is 0 Å². The summed E-state index contributed by atoms with van der Waals surface area (Å²) in [5, 5.41) is 13.1. The summed E-state index contributed by atoms with van der Waals surface area (Å²) in [4.78, 5) is 13.0. The van der Waals surface area contributed by atoms with Gasteiger partial charge in [0.25, 0.3) is 5.91 Å². The van der Waals surface area contributed by atoms with Crippen molar-refractivity contribution < 1.29 is 14.3 Å². The van der Waals surface area contributed by atoms with Crippen molar-refractivity contribution in [3.05, 3.63) is 51.5 Å². The van der Waals surface area contributed by atoms with Crippen molar-refractivity contribution in [3.8, 4) is 0 Å². The molecule has 4 nitrogen and oxygen atoms in total. The average Bonchev–Trinajstić information content (AvgIpc) is 3.22. The van der Waals surface area contributed by atoms with Gasteiger partial charge in [0, 0.05) is 12.7 Å². The van der Waals surface area contributed by atoms with E-state index in [0.29, 0.717) is 28.4 Å². The summed E-state index contributed by atoms with van der Waals surface area (Å²) >= 11 is 12.1. The number of aromatic nitrogens is 1. The Balaban J connectivity index is 1.59. The van der Waals surface area contributed by atoms with Crippen molar-refractivity contribution in [2.45, 2.75) is 37.7 Å². The first-order valence-electron chi connectivity index (χ1n) is 9.13. The van der Waals surface area contributed by atoms with E-state index in [-0.39, 0.29) is 23.0 Å². The van der Waals surface area contributed by atoms with Gasteiger partial charge in [-0.05, 0) is 73.3 Å². The van der Waals surface area contributed by atoms with Crippen LogP contribution in [0.2, 0.25) is 10.2 Å². The van der Waals surface area contributed by atoms with Gasteiger partial charge in [0.15, 0.2) is 0 Å². The summed E-state index contributed by atoms with van der Waals surface area (Å²) in [5.41, 5.74) is 1.89. The zero-order valence-corrected chi connectivity index (χ0v) is 16.4. The highest BCUT2D eigenvalue weighted by atomic mass is 35.5. The number of hydrogen-bond donors (Lipinski definition) is 2. The fraction of sp³-hybridized carbons (Fsp3) is 0.450. The normalized spacial score (nSPS) is 27.0. The quantitative estimate of drug-likeness (QED) is 0.748. The van der Waals surface area contributed by atoms with Crippen LogP contribution in [0.15, 0.2) is 24.3 Å². The molecular weight excluding hydrogens is 390 g/mol. The zero-order chi connectivity index (χ0) is 19.3. The van der Waals surface area contributed by atoms with Gasteiger partial charge in [-0.25, -0.2) is 4.39 Å². The lowest BCUT2D eigenvalue weighted by Crippen LogP contribution is -2.18. The number of hydrogen-bond acceptors (Lipinski definition) is 2. The van der Waals surface area contributed by atoms with Gasteiger partial charge in [0.1, 0.15) is 16.7 Å². The van der Waals surface area contributed by atoms with Crippen LogP contribution in [-0.2, 0) is 7.05 Å². The Morgan fingerprint density at radius 3 is 2.48 bits per heavy atom. The standard InChI is InChI=1S/C20H21Cl2FN2O2/c1-25-18(22)9-15(12-4-10-6-14(26)7-11(10)5-12)19(25)20(27)24-13-2-3-17(23)16(21)8-13/h2-3,8-12,14,26H,4-7H2,1H3,(H,24,27). The number of nitrogens with one attached hydrogen (secondary N) is 1. The largest absolute Gasteiger partial charge is 0.393 e. The molecule has 2 aliphatic rings. The molecule has 1 heterocycles. The minimum atomic E-state index is -0.531. The van der Waals surface area contributed by atoms with Gasteiger partial charge in [0.05, 0.1) is 11.1 Å². The predicted molar refractivity (Wildman–Crippen MR) is 104 cm³/mol. The van der Waals surface area contributed by atoms with Crippen LogP contribution in [0.5, 0.6) is 0 Å². The molecule has 2 saturated carbocycles. The third-order valence-corrected chi connectivity index (χ3v) is 6.68. The lowest BCUT2D eigenvalue weighted by atomic mass is 9.94. The Hall–Kier alpha value is -1.56. The molecule has 0 aliphatic heterocycles. The second-order valence-electron chi connectivity index (χ2n) is 7.73. The van der Waals surface area contributed by atoms with Crippen molar-refractivity contribution in [3.63, 3.8) is 0 Å². The van der Waals surface area contributed by atoms with Crippen LogP contribution in [0.3, 0.4) is 0 Å². The summed E-state index contributed by atoms with van der Waals surface area (Å²) in [6.07, 6.45) is 3.43. The smallest absolute Gasteiger partial charge is 0.272 e. The van der Waals surface area contributed by atoms with Crippen molar-refractivity contribution in [2.24, 2.45) is 18.9 Å². The lowest BCUT2D eigenvalue weighted by molar-refractivity contribution is 0.101. The monoisotopic (exact) mass is 410 g/mol. The Kier molecular flexibility index (Phi) is 4.95. The Labute approximate surface area is 167 Å². The summed E-state index contributed by atoms with van der Waals surface area (Å²) in [5.74, 6) is 0.450. The molecule has 0 bridgehead atoms. The Morgan fingerprint density at radius 2 is 1.85 bits per heavy atom. The van der Waals surface area contributed by atoms with Gasteiger partial charge in [-0.2, -0.15) is 0 Å². The number of halogens is 3. The fourth-order valence-electron chi connectivity index (χ4n) is 4.79. The second kappa shape index (κ2) is 7.12. The molecule has 27 heavy (non-hydrogen) atoms. The van der Waals surface area contributed by atoms with Crippen molar-refractivity contribution in [2.75, 3.05) is 5.32 Å². The van der Waals surface area contributed by atoms with Gasteiger partial charge in [0.2, 0.25) is 0 Å². The molecule has 7 heteroatoms. The number of amides is 1. The summed E-state index contributed by atoms with van der Waals surface area (Å²) in [6.45, 7) is 0. The van der Waals surface area contributed by atoms with Gasteiger partial charge >= 0.3 is 0 Å². The first kappa shape index (κ1) is 18.8. The van der Waals surface area contributed by atoms with E-state index in [1.807, 2.05) is 6.07 Å². The van der Waals surface area contributed by atoms with E-state index in [9.17, 15) is 14.3 Å². The first-order chi connectivity index (χ1) is 12.8. The molecule has 4 rings (SSSR count). The minimum Gasteiger partial charge on any atom is -0.393 e. The number of carbonyl (C=O) groups excluding carboxylic acids is 1. The molecule has 0 radical (unpaired) electrons. The molecular formula is C20H21Cl2FN2O2. The number of aliphatic hydroxyl groups is 1. The Morgan fingerprint density at radius 1 is 1.19 bits per heavy atom. The van der Waals surface area contributed by atoms with Crippen LogP contribution in [0, 0.1) is 17.7 Å². The maximum Gasteiger partial charge on any atom is 0.272 e. The lowest BCUT2D eigenvalue weighted by Gasteiger charge is -2.15. The number of aliphatic hydroxyl groups excluding tert-OH is 1. The van der Waals surface area contributed by atoms with Crippen LogP contribution in [0.25, 0.3) is 0 Å². The van der Waals surface area contributed by atoms with E-state index in [2.05, 4.69) is 5.32 Å². The molecule has 1 amide bonds. The topological polar surface area (TPSA) is 54.3 Å². The van der Waals surface area contributed by atoms with Gasteiger partial charge < -0.3 is 15.0 Å².